The number of anilines is 1. The summed E-state index contributed by atoms with van der Waals surface area (Å²) in [6.45, 7) is -0.00795. The Balaban J connectivity index is 1.63. The molecule has 9 nitrogen and oxygen atoms in total. The van der Waals surface area contributed by atoms with Gasteiger partial charge in [-0.25, -0.2) is 9.59 Å². The second-order valence-corrected chi connectivity index (χ2v) is 10.5. The molecule has 216 valence electrons. The average molecular weight is 572 g/mol. The largest absolute Gasteiger partial charge is 0.467 e. The summed E-state index contributed by atoms with van der Waals surface area (Å²) < 4.78 is 10.2. The molecule has 1 aliphatic carbocycles. The lowest BCUT2D eigenvalue weighted by Gasteiger charge is -2.27. The second-order valence-electron chi connectivity index (χ2n) is 10.1. The number of nitrogens with one attached hydrogen (secondary N) is 2. The van der Waals surface area contributed by atoms with Crippen LogP contribution < -0.4 is 15.5 Å². The molecule has 0 aromatic heterocycles. The Morgan fingerprint density at radius 2 is 1.70 bits per heavy atom. The third-order valence-corrected chi connectivity index (χ3v) is 7.36. The maximum absolute atomic E-state index is 13.4. The van der Waals surface area contributed by atoms with Gasteiger partial charge in [0.05, 0.1) is 7.11 Å². The van der Waals surface area contributed by atoms with Gasteiger partial charge in [0.1, 0.15) is 18.7 Å². The Morgan fingerprint density at radius 3 is 2.38 bits per heavy atom. The minimum Gasteiger partial charge on any atom is -0.467 e. The molecule has 10 heteroatoms. The Bertz CT molecular complexity index is 1140. The van der Waals surface area contributed by atoms with Crippen LogP contribution in [0, 0.1) is 5.92 Å². The molecular formula is C30H38ClN3O6. The number of hydrogen-bond acceptors (Lipinski definition) is 6. The number of ether oxygens (including phenoxy) is 2. The zero-order valence-electron chi connectivity index (χ0n) is 23.1. The molecule has 3 amide bonds. The summed E-state index contributed by atoms with van der Waals surface area (Å²) in [5.41, 5.74) is 1.44. The van der Waals surface area contributed by atoms with E-state index in [1.165, 1.54) is 12.0 Å². The predicted molar refractivity (Wildman–Crippen MR) is 153 cm³/mol. The molecule has 3 rings (SSSR count). The molecule has 0 heterocycles. The summed E-state index contributed by atoms with van der Waals surface area (Å²) in [4.78, 5) is 52.9. The van der Waals surface area contributed by atoms with E-state index in [1.807, 2.05) is 30.3 Å². The lowest BCUT2D eigenvalue weighted by molar-refractivity contribution is -0.145. The standard InChI is InChI=1S/C30H38ClN3O6/c1-34(24-14-7-4-8-15-24)27(35)17-16-25(29(37)39-2)32-28(36)26(19-21-10-5-3-6-11-21)33-30(38)40-20-22-12-9-13-23(31)18-22/h4,7-9,12-15,18,21,25-26H,3,5-6,10-11,16-17,19-20H2,1-2H3,(H,32,36)(H,33,38)/t25-,26-/m0/s1. The Morgan fingerprint density at radius 1 is 0.975 bits per heavy atom. The molecule has 2 aromatic carbocycles. The summed E-state index contributed by atoms with van der Waals surface area (Å²) >= 11 is 6.00. The van der Waals surface area contributed by atoms with Gasteiger partial charge in [-0.2, -0.15) is 0 Å². The van der Waals surface area contributed by atoms with Gasteiger partial charge in [0.2, 0.25) is 11.8 Å². The summed E-state index contributed by atoms with van der Waals surface area (Å²) in [7, 11) is 2.88. The minimum absolute atomic E-state index is 0.00778. The number of para-hydroxylation sites is 1. The molecular weight excluding hydrogens is 534 g/mol. The number of hydrogen-bond donors (Lipinski definition) is 2. The quantitative estimate of drug-likeness (QED) is 0.346. The fourth-order valence-corrected chi connectivity index (χ4v) is 5.05. The maximum Gasteiger partial charge on any atom is 0.408 e. The fraction of sp³-hybridized carbons (Fsp3) is 0.467. The van der Waals surface area contributed by atoms with Crippen LogP contribution in [-0.2, 0) is 30.5 Å². The normalized spacial score (nSPS) is 14.9. The highest BCUT2D eigenvalue weighted by atomic mass is 35.5. The van der Waals surface area contributed by atoms with Gasteiger partial charge < -0.3 is 25.0 Å². The SMILES string of the molecule is COC(=O)[C@H](CCC(=O)N(C)c1ccccc1)NC(=O)[C@H](CC1CCCCC1)NC(=O)OCc1cccc(Cl)c1. The molecule has 40 heavy (non-hydrogen) atoms. The molecule has 1 aliphatic rings. The molecule has 0 unspecified atom stereocenters. The van der Waals surface area contributed by atoms with Crippen molar-refractivity contribution in [2.24, 2.45) is 5.92 Å². The highest BCUT2D eigenvalue weighted by Crippen LogP contribution is 2.27. The van der Waals surface area contributed by atoms with Crippen molar-refractivity contribution in [2.75, 3.05) is 19.1 Å². The van der Waals surface area contributed by atoms with Crippen LogP contribution in [0.2, 0.25) is 5.02 Å². The van der Waals surface area contributed by atoms with E-state index in [-0.39, 0.29) is 31.3 Å². The van der Waals surface area contributed by atoms with Gasteiger partial charge in [-0.3, -0.25) is 9.59 Å². The van der Waals surface area contributed by atoms with Crippen LogP contribution in [0.1, 0.15) is 56.9 Å². The molecule has 2 N–H and O–H groups in total. The highest BCUT2D eigenvalue weighted by Gasteiger charge is 2.31. The van der Waals surface area contributed by atoms with Crippen LogP contribution in [-0.4, -0.2) is 50.1 Å². The van der Waals surface area contributed by atoms with Gasteiger partial charge in [-0.15, -0.1) is 0 Å². The minimum atomic E-state index is -1.05. The van der Waals surface area contributed by atoms with E-state index in [4.69, 9.17) is 21.1 Å². The molecule has 0 saturated heterocycles. The first-order valence-corrected chi connectivity index (χ1v) is 14.0. The molecule has 1 fully saturated rings. The number of methoxy groups -OCH3 is 1. The summed E-state index contributed by atoms with van der Waals surface area (Å²) in [5, 5.41) is 5.91. The number of amides is 3. The summed E-state index contributed by atoms with van der Waals surface area (Å²) in [6.07, 6.45) is 4.94. The Kier molecular flexibility index (Phi) is 12.3. The van der Waals surface area contributed by atoms with Crippen molar-refractivity contribution in [2.45, 2.75) is 70.1 Å². The second kappa shape index (κ2) is 15.9. The zero-order chi connectivity index (χ0) is 28.9. The van der Waals surface area contributed by atoms with Crippen molar-refractivity contribution in [3.05, 3.63) is 65.2 Å². The third-order valence-electron chi connectivity index (χ3n) is 7.13. The van der Waals surface area contributed by atoms with Crippen LogP contribution in [0.15, 0.2) is 54.6 Å². The molecule has 0 spiro atoms. The number of carbonyl (C=O) groups excluding carboxylic acids is 4. The number of alkyl carbamates (subject to hydrolysis) is 1. The number of rotatable bonds is 12. The van der Waals surface area contributed by atoms with Crippen LogP contribution >= 0.6 is 11.6 Å². The molecule has 0 radical (unpaired) electrons. The number of benzene rings is 2. The topological polar surface area (TPSA) is 114 Å². The lowest BCUT2D eigenvalue weighted by Crippen LogP contribution is -2.52. The number of nitrogens with zero attached hydrogens (tertiary/aromatic N) is 1. The van der Waals surface area contributed by atoms with Gasteiger partial charge in [-0.05, 0) is 48.6 Å². The van der Waals surface area contributed by atoms with E-state index in [9.17, 15) is 19.2 Å². The molecule has 0 aliphatic heterocycles. The number of halogens is 1. The van der Waals surface area contributed by atoms with Gasteiger partial charge >= 0.3 is 12.1 Å². The molecule has 2 aromatic rings. The van der Waals surface area contributed by atoms with E-state index >= 15 is 0 Å². The van der Waals surface area contributed by atoms with E-state index < -0.39 is 30.1 Å². The van der Waals surface area contributed by atoms with Gasteiger partial charge in [0, 0.05) is 24.2 Å². The summed E-state index contributed by atoms with van der Waals surface area (Å²) in [6, 6.07) is 14.1. The first-order valence-electron chi connectivity index (χ1n) is 13.6. The molecule has 0 bridgehead atoms. The van der Waals surface area contributed by atoms with E-state index in [0.29, 0.717) is 17.0 Å². The first kappa shape index (κ1) is 30.9. The van der Waals surface area contributed by atoms with Crippen molar-refractivity contribution in [1.82, 2.24) is 10.6 Å². The lowest BCUT2D eigenvalue weighted by atomic mass is 9.84. The smallest absolute Gasteiger partial charge is 0.408 e. The predicted octanol–water partition coefficient (Wildman–Crippen LogP) is 5.01. The van der Waals surface area contributed by atoms with Crippen LogP contribution in [0.4, 0.5) is 10.5 Å². The van der Waals surface area contributed by atoms with Crippen molar-refractivity contribution in [3.8, 4) is 0 Å². The highest BCUT2D eigenvalue weighted by molar-refractivity contribution is 6.30. The van der Waals surface area contributed by atoms with Crippen LogP contribution in [0.5, 0.6) is 0 Å². The van der Waals surface area contributed by atoms with Crippen molar-refractivity contribution in [1.29, 1.82) is 0 Å². The van der Waals surface area contributed by atoms with E-state index in [0.717, 1.165) is 37.8 Å². The monoisotopic (exact) mass is 571 g/mol. The van der Waals surface area contributed by atoms with E-state index in [2.05, 4.69) is 10.6 Å². The van der Waals surface area contributed by atoms with Crippen molar-refractivity contribution < 1.29 is 28.7 Å². The average Bonchev–Trinajstić information content (AvgIpc) is 2.97. The van der Waals surface area contributed by atoms with Gasteiger partial charge in [0.25, 0.3) is 0 Å². The van der Waals surface area contributed by atoms with Crippen LogP contribution in [0.25, 0.3) is 0 Å². The van der Waals surface area contributed by atoms with E-state index in [1.54, 1.807) is 31.3 Å². The Labute approximate surface area is 240 Å². The van der Waals surface area contributed by atoms with Crippen molar-refractivity contribution >= 4 is 41.2 Å². The zero-order valence-corrected chi connectivity index (χ0v) is 23.8. The Hall–Kier alpha value is -3.59. The number of esters is 1. The fourth-order valence-electron chi connectivity index (χ4n) is 4.84. The third kappa shape index (κ3) is 9.86. The van der Waals surface area contributed by atoms with Gasteiger partial charge in [0.15, 0.2) is 0 Å². The van der Waals surface area contributed by atoms with Gasteiger partial charge in [-0.1, -0.05) is 74.0 Å². The summed E-state index contributed by atoms with van der Waals surface area (Å²) in [5.74, 6) is -1.14. The van der Waals surface area contributed by atoms with Crippen molar-refractivity contribution in [3.63, 3.8) is 0 Å². The molecule has 1 saturated carbocycles. The number of carbonyl (C=O) groups is 4. The first-order chi connectivity index (χ1) is 19.3. The van der Waals surface area contributed by atoms with Crippen LogP contribution in [0.3, 0.4) is 0 Å². The maximum atomic E-state index is 13.4. The molecule has 2 atom stereocenters.